The van der Waals surface area contributed by atoms with E-state index in [1.807, 2.05) is 13.0 Å². The molecule has 0 radical (unpaired) electrons. The van der Waals surface area contributed by atoms with Gasteiger partial charge in [-0.1, -0.05) is 26.2 Å². The van der Waals surface area contributed by atoms with E-state index in [1.165, 1.54) is 32.1 Å². The Bertz CT molecular complexity index is 367. The summed E-state index contributed by atoms with van der Waals surface area (Å²) in [6, 6.07) is 4.61. The van der Waals surface area contributed by atoms with Crippen LogP contribution < -0.4 is 10.1 Å². The first kappa shape index (κ1) is 13.2. The largest absolute Gasteiger partial charge is 0.476 e. The quantitative estimate of drug-likeness (QED) is 0.859. The molecule has 2 unspecified atom stereocenters. The molecule has 0 aliphatic heterocycles. The predicted octanol–water partition coefficient (Wildman–Crippen LogP) is 3.86. The van der Waals surface area contributed by atoms with Crippen molar-refractivity contribution in [3.8, 4) is 5.88 Å². The van der Waals surface area contributed by atoms with Crippen LogP contribution in [-0.2, 0) is 0 Å². The maximum absolute atomic E-state index is 5.57. The van der Waals surface area contributed by atoms with Gasteiger partial charge in [0.25, 0.3) is 0 Å². The molecule has 0 aromatic carbocycles. The SMILES string of the molecule is CCOc1ncccc1NC1CCCCC1CC. The molecular formula is C15H24N2O. The molecule has 1 heterocycles. The minimum Gasteiger partial charge on any atom is -0.476 e. The second-order valence-electron chi connectivity index (χ2n) is 4.99. The van der Waals surface area contributed by atoms with E-state index in [0.717, 1.165) is 17.5 Å². The fourth-order valence-electron chi connectivity index (χ4n) is 2.84. The van der Waals surface area contributed by atoms with Crippen LogP contribution in [0.25, 0.3) is 0 Å². The van der Waals surface area contributed by atoms with E-state index in [0.29, 0.717) is 12.6 Å². The third-order valence-corrected chi connectivity index (χ3v) is 3.83. The van der Waals surface area contributed by atoms with Crippen molar-refractivity contribution in [1.82, 2.24) is 4.98 Å². The van der Waals surface area contributed by atoms with Gasteiger partial charge < -0.3 is 10.1 Å². The van der Waals surface area contributed by atoms with Gasteiger partial charge in [0.05, 0.1) is 12.3 Å². The minimum absolute atomic E-state index is 0.576. The number of pyridine rings is 1. The number of ether oxygens (including phenoxy) is 1. The van der Waals surface area contributed by atoms with Crippen molar-refractivity contribution in [2.24, 2.45) is 5.92 Å². The number of aromatic nitrogens is 1. The van der Waals surface area contributed by atoms with Gasteiger partial charge in [-0.15, -0.1) is 0 Å². The summed E-state index contributed by atoms with van der Waals surface area (Å²) in [6.45, 7) is 4.94. The molecule has 0 amide bonds. The lowest BCUT2D eigenvalue weighted by Gasteiger charge is -2.32. The Morgan fingerprint density at radius 2 is 2.17 bits per heavy atom. The first-order valence-corrected chi connectivity index (χ1v) is 7.19. The van der Waals surface area contributed by atoms with E-state index < -0.39 is 0 Å². The Morgan fingerprint density at radius 3 is 2.94 bits per heavy atom. The maximum atomic E-state index is 5.57. The number of anilines is 1. The first-order chi connectivity index (χ1) is 8.85. The number of nitrogens with one attached hydrogen (secondary N) is 1. The molecule has 0 bridgehead atoms. The number of hydrogen-bond donors (Lipinski definition) is 1. The van der Waals surface area contributed by atoms with E-state index in [-0.39, 0.29) is 0 Å². The van der Waals surface area contributed by atoms with Crippen LogP contribution in [0.15, 0.2) is 18.3 Å². The van der Waals surface area contributed by atoms with E-state index in [4.69, 9.17) is 4.74 Å². The van der Waals surface area contributed by atoms with Crippen LogP contribution in [0.3, 0.4) is 0 Å². The minimum atomic E-state index is 0.576. The zero-order chi connectivity index (χ0) is 12.8. The lowest BCUT2D eigenvalue weighted by Crippen LogP contribution is -2.32. The van der Waals surface area contributed by atoms with Crippen LogP contribution in [0.2, 0.25) is 0 Å². The summed E-state index contributed by atoms with van der Waals surface area (Å²) < 4.78 is 5.57. The molecule has 18 heavy (non-hydrogen) atoms. The van der Waals surface area contributed by atoms with Gasteiger partial charge in [-0.05, 0) is 37.8 Å². The van der Waals surface area contributed by atoms with Gasteiger partial charge in [0.1, 0.15) is 0 Å². The van der Waals surface area contributed by atoms with Gasteiger partial charge in [-0.2, -0.15) is 0 Å². The third-order valence-electron chi connectivity index (χ3n) is 3.83. The van der Waals surface area contributed by atoms with Crippen LogP contribution >= 0.6 is 0 Å². The molecule has 1 aromatic heterocycles. The summed E-state index contributed by atoms with van der Waals surface area (Å²) >= 11 is 0. The van der Waals surface area contributed by atoms with E-state index in [9.17, 15) is 0 Å². The normalized spacial score (nSPS) is 23.7. The van der Waals surface area contributed by atoms with Crippen molar-refractivity contribution in [2.45, 2.75) is 52.0 Å². The molecule has 1 fully saturated rings. The molecule has 1 saturated carbocycles. The van der Waals surface area contributed by atoms with Crippen molar-refractivity contribution in [2.75, 3.05) is 11.9 Å². The Hall–Kier alpha value is -1.25. The fraction of sp³-hybridized carbons (Fsp3) is 0.667. The van der Waals surface area contributed by atoms with Crippen molar-refractivity contribution in [3.05, 3.63) is 18.3 Å². The molecule has 2 rings (SSSR count). The topological polar surface area (TPSA) is 34.1 Å². The predicted molar refractivity (Wildman–Crippen MR) is 75.1 cm³/mol. The van der Waals surface area contributed by atoms with Crippen molar-refractivity contribution < 1.29 is 4.74 Å². The number of rotatable bonds is 5. The molecule has 3 nitrogen and oxygen atoms in total. The summed E-state index contributed by atoms with van der Waals surface area (Å²) in [5.41, 5.74) is 1.05. The second-order valence-corrected chi connectivity index (χ2v) is 4.99. The van der Waals surface area contributed by atoms with Crippen molar-refractivity contribution in [3.63, 3.8) is 0 Å². The fourth-order valence-corrected chi connectivity index (χ4v) is 2.84. The maximum Gasteiger partial charge on any atom is 0.237 e. The molecule has 1 aliphatic carbocycles. The molecule has 1 N–H and O–H groups in total. The first-order valence-electron chi connectivity index (χ1n) is 7.19. The number of hydrogen-bond acceptors (Lipinski definition) is 3. The van der Waals surface area contributed by atoms with Crippen LogP contribution in [-0.4, -0.2) is 17.6 Å². The van der Waals surface area contributed by atoms with Crippen molar-refractivity contribution in [1.29, 1.82) is 0 Å². The monoisotopic (exact) mass is 248 g/mol. The lowest BCUT2D eigenvalue weighted by molar-refractivity contribution is 0.310. The second kappa shape index (κ2) is 6.62. The molecule has 0 saturated heterocycles. The Labute approximate surface area is 110 Å². The summed E-state index contributed by atoms with van der Waals surface area (Å²) in [7, 11) is 0. The Balaban J connectivity index is 2.07. The summed E-state index contributed by atoms with van der Waals surface area (Å²) in [5, 5.41) is 3.65. The highest BCUT2D eigenvalue weighted by atomic mass is 16.5. The Morgan fingerprint density at radius 1 is 1.33 bits per heavy atom. The average molecular weight is 248 g/mol. The summed E-state index contributed by atoms with van der Waals surface area (Å²) in [4.78, 5) is 4.30. The lowest BCUT2D eigenvalue weighted by atomic mass is 9.83. The molecule has 1 aromatic rings. The molecule has 2 atom stereocenters. The van der Waals surface area contributed by atoms with Crippen LogP contribution in [0.1, 0.15) is 46.0 Å². The van der Waals surface area contributed by atoms with Gasteiger partial charge in [-0.3, -0.25) is 0 Å². The molecular weight excluding hydrogens is 224 g/mol. The highest BCUT2D eigenvalue weighted by molar-refractivity contribution is 5.52. The van der Waals surface area contributed by atoms with Gasteiger partial charge in [-0.25, -0.2) is 4.98 Å². The van der Waals surface area contributed by atoms with Crippen LogP contribution in [0.4, 0.5) is 5.69 Å². The number of nitrogens with zero attached hydrogens (tertiary/aromatic N) is 1. The van der Waals surface area contributed by atoms with Crippen LogP contribution in [0, 0.1) is 5.92 Å². The Kier molecular flexibility index (Phi) is 4.85. The molecule has 1 aliphatic rings. The van der Waals surface area contributed by atoms with Gasteiger partial charge >= 0.3 is 0 Å². The molecule has 0 spiro atoms. The summed E-state index contributed by atoms with van der Waals surface area (Å²) in [5.74, 6) is 1.52. The average Bonchev–Trinajstić information content (AvgIpc) is 2.42. The highest BCUT2D eigenvalue weighted by Crippen LogP contribution is 2.31. The van der Waals surface area contributed by atoms with E-state index >= 15 is 0 Å². The smallest absolute Gasteiger partial charge is 0.237 e. The van der Waals surface area contributed by atoms with E-state index in [1.54, 1.807) is 6.20 Å². The zero-order valence-corrected chi connectivity index (χ0v) is 11.5. The molecule has 100 valence electrons. The summed E-state index contributed by atoms with van der Waals surface area (Å²) in [6.07, 6.45) is 8.36. The van der Waals surface area contributed by atoms with Crippen LogP contribution in [0.5, 0.6) is 5.88 Å². The third kappa shape index (κ3) is 3.15. The standard InChI is InChI=1S/C15H24N2O/c1-3-12-8-5-6-9-13(12)17-14-10-7-11-16-15(14)18-4-2/h7,10-13,17H,3-6,8-9H2,1-2H3. The molecule has 3 heteroatoms. The van der Waals surface area contributed by atoms with Gasteiger partial charge in [0.2, 0.25) is 5.88 Å². The van der Waals surface area contributed by atoms with Gasteiger partial charge in [0, 0.05) is 12.2 Å². The van der Waals surface area contributed by atoms with Gasteiger partial charge in [0.15, 0.2) is 0 Å². The zero-order valence-electron chi connectivity index (χ0n) is 11.5. The highest BCUT2D eigenvalue weighted by Gasteiger charge is 2.24. The van der Waals surface area contributed by atoms with Crippen molar-refractivity contribution >= 4 is 5.69 Å². The van der Waals surface area contributed by atoms with E-state index in [2.05, 4.69) is 23.3 Å².